The summed E-state index contributed by atoms with van der Waals surface area (Å²) in [7, 11) is 0. The first-order valence-corrected chi connectivity index (χ1v) is 9.86. The van der Waals surface area contributed by atoms with Crippen molar-refractivity contribution in [2.75, 3.05) is 11.6 Å². The van der Waals surface area contributed by atoms with E-state index >= 15 is 0 Å². The summed E-state index contributed by atoms with van der Waals surface area (Å²) in [5.74, 6) is 0.785. The Morgan fingerprint density at radius 2 is 1.89 bits per heavy atom. The molecule has 146 valence electrons. The third-order valence-electron chi connectivity index (χ3n) is 4.38. The van der Waals surface area contributed by atoms with Crippen LogP contribution in [0.25, 0.3) is 0 Å². The van der Waals surface area contributed by atoms with Crippen molar-refractivity contribution in [3.8, 4) is 0 Å². The predicted octanol–water partition coefficient (Wildman–Crippen LogP) is 4.09. The van der Waals surface area contributed by atoms with Crippen LogP contribution in [0.3, 0.4) is 0 Å². The molecule has 3 N–H and O–H groups in total. The summed E-state index contributed by atoms with van der Waals surface area (Å²) < 4.78 is 5.94. The van der Waals surface area contributed by atoms with Gasteiger partial charge in [0.2, 0.25) is 5.88 Å². The third kappa shape index (κ3) is 4.89. The Kier molecular flexibility index (Phi) is 6.66. The van der Waals surface area contributed by atoms with Gasteiger partial charge < -0.3 is 15.8 Å². The molecule has 1 aliphatic rings. The molecule has 2 aromatic rings. The van der Waals surface area contributed by atoms with Crippen LogP contribution in [0.15, 0.2) is 71.7 Å². The summed E-state index contributed by atoms with van der Waals surface area (Å²) in [6.07, 6.45) is 2.84. The first-order chi connectivity index (χ1) is 13.6. The third-order valence-corrected chi connectivity index (χ3v) is 4.78. The number of nitrogens with two attached hydrogens (primary N) is 1. The van der Waals surface area contributed by atoms with E-state index in [0.717, 1.165) is 17.7 Å². The first kappa shape index (κ1) is 19.9. The average Bonchev–Trinajstić information content (AvgIpc) is 2.72. The van der Waals surface area contributed by atoms with Crippen molar-refractivity contribution in [3.05, 3.63) is 77.7 Å². The fourth-order valence-corrected chi connectivity index (χ4v) is 3.07. The molecule has 3 rings (SSSR count). The number of benzene rings is 2. The fraction of sp³-hybridized carbons (Fsp3) is 0.273. The van der Waals surface area contributed by atoms with Gasteiger partial charge in [-0.2, -0.15) is 10.1 Å². The van der Waals surface area contributed by atoms with Crippen LogP contribution in [0.1, 0.15) is 24.5 Å². The Balaban J connectivity index is 1.75. The topological polar surface area (TPSA) is 62.9 Å². The van der Waals surface area contributed by atoms with E-state index in [1.807, 2.05) is 36.4 Å². The van der Waals surface area contributed by atoms with Crippen molar-refractivity contribution in [3.63, 3.8) is 0 Å². The van der Waals surface area contributed by atoms with E-state index in [2.05, 4.69) is 48.5 Å². The summed E-state index contributed by atoms with van der Waals surface area (Å²) in [6.45, 7) is 5.38. The fourth-order valence-electron chi connectivity index (χ4n) is 2.81. The van der Waals surface area contributed by atoms with Crippen LogP contribution in [0.2, 0.25) is 0 Å². The van der Waals surface area contributed by atoms with E-state index < -0.39 is 0 Å². The van der Waals surface area contributed by atoms with E-state index in [4.69, 9.17) is 22.7 Å². The maximum Gasteiger partial charge on any atom is 0.212 e. The van der Waals surface area contributed by atoms with Gasteiger partial charge >= 0.3 is 0 Å². The van der Waals surface area contributed by atoms with Crippen LogP contribution in [0, 0.1) is 12.8 Å². The van der Waals surface area contributed by atoms with Gasteiger partial charge in [-0.3, -0.25) is 0 Å². The molecule has 0 aromatic heterocycles. The van der Waals surface area contributed by atoms with Crippen molar-refractivity contribution >= 4 is 28.7 Å². The Bertz CT molecular complexity index is 862. The lowest BCUT2D eigenvalue weighted by atomic mass is 10.1. The van der Waals surface area contributed by atoms with Gasteiger partial charge in [0, 0.05) is 6.54 Å². The zero-order chi connectivity index (χ0) is 19.9. The minimum atomic E-state index is -0.299. The molecule has 0 saturated carbocycles. The van der Waals surface area contributed by atoms with Gasteiger partial charge in [-0.05, 0) is 37.1 Å². The van der Waals surface area contributed by atoms with Crippen LogP contribution in [0.5, 0.6) is 0 Å². The van der Waals surface area contributed by atoms with Crippen LogP contribution in [-0.2, 0) is 11.3 Å². The van der Waals surface area contributed by atoms with Crippen molar-refractivity contribution in [1.29, 1.82) is 0 Å². The highest BCUT2D eigenvalue weighted by atomic mass is 32.1. The van der Waals surface area contributed by atoms with Gasteiger partial charge in [-0.25, -0.2) is 0 Å². The Hall–Kier alpha value is -2.86. The number of nitrogens with one attached hydrogen (secondary N) is 1. The zero-order valence-corrected chi connectivity index (χ0v) is 17.1. The molecule has 0 fully saturated rings. The highest BCUT2D eigenvalue weighted by molar-refractivity contribution is 7.80. The summed E-state index contributed by atoms with van der Waals surface area (Å²) >= 11 is 5.61. The number of amidine groups is 1. The molecular weight excluding hydrogens is 368 g/mol. The minimum absolute atomic E-state index is 0.299. The molecule has 6 heteroatoms. The number of anilines is 1. The highest BCUT2D eigenvalue weighted by Gasteiger charge is 2.27. The van der Waals surface area contributed by atoms with Gasteiger partial charge in [-0.1, -0.05) is 67.2 Å². The van der Waals surface area contributed by atoms with Gasteiger partial charge in [0.15, 0.2) is 0 Å². The van der Waals surface area contributed by atoms with E-state index in [1.54, 1.807) is 5.01 Å². The Morgan fingerprint density at radius 3 is 2.57 bits per heavy atom. The number of ether oxygens (including phenoxy) is 1. The second-order valence-corrected chi connectivity index (χ2v) is 7.15. The van der Waals surface area contributed by atoms with Crippen molar-refractivity contribution in [2.24, 2.45) is 16.8 Å². The lowest BCUT2D eigenvalue weighted by Crippen LogP contribution is -2.41. The molecule has 1 heterocycles. The van der Waals surface area contributed by atoms with Crippen LogP contribution in [-0.4, -0.2) is 17.4 Å². The highest BCUT2D eigenvalue weighted by Crippen LogP contribution is 2.26. The molecule has 0 amide bonds. The number of nitrogens with zero attached hydrogens (tertiary/aromatic N) is 2. The van der Waals surface area contributed by atoms with E-state index in [1.165, 1.54) is 5.56 Å². The second kappa shape index (κ2) is 9.37. The molecular formula is C22H26N4OS. The van der Waals surface area contributed by atoms with Crippen LogP contribution < -0.4 is 16.1 Å². The summed E-state index contributed by atoms with van der Waals surface area (Å²) in [4.78, 5) is 0.632. The number of hydrazone groups is 1. The molecule has 1 aliphatic heterocycles. The van der Waals surface area contributed by atoms with Crippen molar-refractivity contribution < 1.29 is 4.74 Å². The van der Waals surface area contributed by atoms with Gasteiger partial charge in [0.05, 0.1) is 23.2 Å². The summed E-state index contributed by atoms with van der Waals surface area (Å²) in [5, 5.41) is 9.59. The molecule has 1 atom stereocenters. The lowest BCUT2D eigenvalue weighted by Gasteiger charge is -2.29. The molecule has 28 heavy (non-hydrogen) atoms. The SMILES string of the molecule is CCCOC1=CC(C(=S)NCc2ccc(C)cc2)C(N)=NN1c1ccccc1. The maximum absolute atomic E-state index is 6.27. The minimum Gasteiger partial charge on any atom is -0.478 e. The zero-order valence-electron chi connectivity index (χ0n) is 16.3. The monoisotopic (exact) mass is 394 g/mol. The quantitative estimate of drug-likeness (QED) is 0.693. The lowest BCUT2D eigenvalue weighted by molar-refractivity contribution is 0.202. The first-order valence-electron chi connectivity index (χ1n) is 9.45. The number of hydrogen-bond acceptors (Lipinski definition) is 5. The number of rotatable bonds is 7. The molecule has 5 nitrogen and oxygen atoms in total. The molecule has 1 unspecified atom stereocenters. The van der Waals surface area contributed by atoms with Gasteiger partial charge in [-0.15, -0.1) is 0 Å². The number of hydrogen-bond donors (Lipinski definition) is 2. The Labute approximate surface area is 171 Å². The van der Waals surface area contributed by atoms with Crippen LogP contribution >= 0.6 is 12.2 Å². The van der Waals surface area contributed by atoms with Gasteiger partial charge in [0.25, 0.3) is 0 Å². The maximum atomic E-state index is 6.27. The number of thiocarbonyl (C=S) groups is 1. The van der Waals surface area contributed by atoms with E-state index in [9.17, 15) is 0 Å². The van der Waals surface area contributed by atoms with Gasteiger partial charge in [0.1, 0.15) is 5.84 Å². The normalized spacial score (nSPS) is 16.2. The predicted molar refractivity (Wildman–Crippen MR) is 119 cm³/mol. The van der Waals surface area contributed by atoms with E-state index in [0.29, 0.717) is 29.9 Å². The van der Waals surface area contributed by atoms with E-state index in [-0.39, 0.29) is 5.92 Å². The van der Waals surface area contributed by atoms with Crippen molar-refractivity contribution in [1.82, 2.24) is 5.32 Å². The van der Waals surface area contributed by atoms with Crippen molar-refractivity contribution in [2.45, 2.75) is 26.8 Å². The number of aryl methyl sites for hydroxylation is 1. The standard InChI is InChI=1S/C22H26N4OS/c1-3-13-27-20-14-19(21(23)25-26(20)18-7-5-4-6-8-18)22(28)24-15-17-11-9-16(2)10-12-17/h4-12,14,19H,3,13,15H2,1-2H3,(H2,23,25)(H,24,28). The molecule has 0 aliphatic carbocycles. The second-order valence-electron chi connectivity index (χ2n) is 6.71. The number of para-hydroxylation sites is 1. The molecule has 0 spiro atoms. The molecule has 2 aromatic carbocycles. The smallest absolute Gasteiger partial charge is 0.212 e. The largest absolute Gasteiger partial charge is 0.478 e. The van der Waals surface area contributed by atoms with Crippen LogP contribution in [0.4, 0.5) is 5.69 Å². The molecule has 0 saturated heterocycles. The summed E-state index contributed by atoms with van der Waals surface area (Å²) in [6, 6.07) is 18.2. The average molecular weight is 395 g/mol. The molecule has 0 radical (unpaired) electrons. The molecule has 0 bridgehead atoms. The summed E-state index contributed by atoms with van der Waals surface area (Å²) in [5.41, 5.74) is 9.56. The Morgan fingerprint density at radius 1 is 1.18 bits per heavy atom.